The predicted octanol–water partition coefficient (Wildman–Crippen LogP) is 2.40. The molecular weight excluding hydrogens is 202 g/mol. The first-order valence-electron chi connectivity index (χ1n) is 4.47. The van der Waals surface area contributed by atoms with Gasteiger partial charge in [0.15, 0.2) is 0 Å². The summed E-state index contributed by atoms with van der Waals surface area (Å²) in [6.07, 6.45) is -0.138. The fraction of sp³-hybridized carbons (Fsp3) is 0.400. The third-order valence-electron chi connectivity index (χ3n) is 2.54. The number of rotatable bonds is 0. The minimum absolute atomic E-state index is 0.0985. The molecule has 0 saturated carbocycles. The van der Waals surface area contributed by atoms with Crippen molar-refractivity contribution < 1.29 is 9.53 Å². The van der Waals surface area contributed by atoms with Gasteiger partial charge in [-0.05, 0) is 19.1 Å². The van der Waals surface area contributed by atoms with Crippen LogP contribution in [0.1, 0.15) is 35.8 Å². The molecule has 0 amide bonds. The SMILES string of the molecule is CC1c2nc(Cl)ccc2C(=O)O[C@@H]1C. The minimum atomic E-state index is -0.310. The van der Waals surface area contributed by atoms with Gasteiger partial charge in [0.2, 0.25) is 0 Å². The first-order valence-corrected chi connectivity index (χ1v) is 4.85. The Morgan fingerprint density at radius 1 is 1.43 bits per heavy atom. The second-order valence-electron chi connectivity index (χ2n) is 3.47. The van der Waals surface area contributed by atoms with Crippen LogP contribution in [-0.4, -0.2) is 17.1 Å². The van der Waals surface area contributed by atoms with E-state index in [2.05, 4.69) is 4.98 Å². The Labute approximate surface area is 87.0 Å². The molecule has 4 heteroatoms. The molecule has 3 nitrogen and oxygen atoms in total. The minimum Gasteiger partial charge on any atom is -0.458 e. The number of nitrogens with zero attached hydrogens (tertiary/aromatic N) is 1. The molecule has 0 aliphatic carbocycles. The van der Waals surface area contributed by atoms with Crippen molar-refractivity contribution in [3.8, 4) is 0 Å². The number of halogens is 1. The highest BCUT2D eigenvalue weighted by Gasteiger charge is 2.31. The van der Waals surface area contributed by atoms with Gasteiger partial charge in [0, 0.05) is 5.92 Å². The summed E-state index contributed by atoms with van der Waals surface area (Å²) in [7, 11) is 0. The zero-order valence-corrected chi connectivity index (χ0v) is 8.71. The van der Waals surface area contributed by atoms with E-state index in [0.717, 1.165) is 5.69 Å². The van der Waals surface area contributed by atoms with Crippen molar-refractivity contribution in [1.82, 2.24) is 4.98 Å². The van der Waals surface area contributed by atoms with Crippen LogP contribution in [0.5, 0.6) is 0 Å². The standard InChI is InChI=1S/C10H10ClNO2/c1-5-6(2)14-10(13)7-3-4-8(11)12-9(5)7/h3-6H,1-2H3/t5?,6-/m1/s1. The molecule has 1 aliphatic rings. The molecule has 1 aromatic heterocycles. The van der Waals surface area contributed by atoms with E-state index in [9.17, 15) is 4.79 Å². The normalized spacial score (nSPS) is 25.5. The van der Waals surface area contributed by atoms with Gasteiger partial charge in [0.1, 0.15) is 11.3 Å². The molecular formula is C10H10ClNO2. The van der Waals surface area contributed by atoms with Crippen LogP contribution in [-0.2, 0) is 4.74 Å². The maximum absolute atomic E-state index is 11.4. The van der Waals surface area contributed by atoms with Crippen LogP contribution in [0.3, 0.4) is 0 Å². The number of carbonyl (C=O) groups is 1. The molecule has 1 unspecified atom stereocenters. The van der Waals surface area contributed by atoms with Crippen molar-refractivity contribution in [1.29, 1.82) is 0 Å². The Kier molecular flexibility index (Phi) is 2.19. The number of ether oxygens (including phenoxy) is 1. The molecule has 0 spiro atoms. The van der Waals surface area contributed by atoms with Crippen molar-refractivity contribution in [3.63, 3.8) is 0 Å². The van der Waals surface area contributed by atoms with Crippen molar-refractivity contribution in [2.45, 2.75) is 25.9 Å². The summed E-state index contributed by atoms with van der Waals surface area (Å²) in [5.41, 5.74) is 1.27. The van der Waals surface area contributed by atoms with Gasteiger partial charge in [-0.25, -0.2) is 9.78 Å². The second-order valence-corrected chi connectivity index (χ2v) is 3.85. The summed E-state index contributed by atoms with van der Waals surface area (Å²) in [6, 6.07) is 3.26. The third kappa shape index (κ3) is 1.38. The average Bonchev–Trinajstić information content (AvgIpc) is 2.14. The summed E-state index contributed by atoms with van der Waals surface area (Å²) in [4.78, 5) is 15.6. The van der Waals surface area contributed by atoms with E-state index in [1.54, 1.807) is 12.1 Å². The van der Waals surface area contributed by atoms with Gasteiger partial charge < -0.3 is 4.74 Å². The fourth-order valence-electron chi connectivity index (χ4n) is 1.53. The van der Waals surface area contributed by atoms with E-state index in [1.165, 1.54) is 0 Å². The number of carbonyl (C=O) groups excluding carboxylic acids is 1. The third-order valence-corrected chi connectivity index (χ3v) is 2.75. The van der Waals surface area contributed by atoms with Crippen molar-refractivity contribution in [2.75, 3.05) is 0 Å². The predicted molar refractivity (Wildman–Crippen MR) is 52.5 cm³/mol. The summed E-state index contributed by atoms with van der Waals surface area (Å²) in [6.45, 7) is 3.83. The number of pyridine rings is 1. The molecule has 2 rings (SSSR count). The number of esters is 1. The lowest BCUT2D eigenvalue weighted by Crippen LogP contribution is -2.29. The van der Waals surface area contributed by atoms with E-state index in [-0.39, 0.29) is 18.0 Å². The quantitative estimate of drug-likeness (QED) is 0.489. The van der Waals surface area contributed by atoms with Crippen LogP contribution >= 0.6 is 11.6 Å². The largest absolute Gasteiger partial charge is 0.458 e. The van der Waals surface area contributed by atoms with Crippen LogP contribution in [0.4, 0.5) is 0 Å². The molecule has 0 saturated heterocycles. The summed E-state index contributed by atoms with van der Waals surface area (Å²) in [5, 5.41) is 0.414. The number of hydrogen-bond donors (Lipinski definition) is 0. The Hall–Kier alpha value is -1.09. The lowest BCUT2D eigenvalue weighted by Gasteiger charge is -2.26. The number of cyclic esters (lactones) is 1. The molecule has 2 atom stereocenters. The van der Waals surface area contributed by atoms with Crippen LogP contribution < -0.4 is 0 Å². The maximum atomic E-state index is 11.4. The van der Waals surface area contributed by atoms with E-state index >= 15 is 0 Å². The first kappa shape index (κ1) is 9.46. The van der Waals surface area contributed by atoms with Crippen molar-refractivity contribution in [2.24, 2.45) is 0 Å². The summed E-state index contributed by atoms with van der Waals surface area (Å²) < 4.78 is 5.14. The van der Waals surface area contributed by atoms with Gasteiger partial charge in [0.25, 0.3) is 0 Å². The van der Waals surface area contributed by atoms with Crippen molar-refractivity contribution >= 4 is 17.6 Å². The highest BCUT2D eigenvalue weighted by Crippen LogP contribution is 2.30. The zero-order chi connectivity index (χ0) is 10.3. The van der Waals surface area contributed by atoms with Gasteiger partial charge in [-0.1, -0.05) is 18.5 Å². The van der Waals surface area contributed by atoms with E-state index in [0.29, 0.717) is 10.7 Å². The van der Waals surface area contributed by atoms with Gasteiger partial charge in [0.05, 0.1) is 11.3 Å². The second kappa shape index (κ2) is 3.24. The van der Waals surface area contributed by atoms with E-state index < -0.39 is 0 Å². The molecule has 0 N–H and O–H groups in total. The molecule has 1 aromatic rings. The van der Waals surface area contributed by atoms with E-state index in [1.807, 2.05) is 13.8 Å². The Balaban J connectivity index is 2.56. The van der Waals surface area contributed by atoms with Crippen LogP contribution in [0.15, 0.2) is 12.1 Å². The monoisotopic (exact) mass is 211 g/mol. The molecule has 0 radical (unpaired) electrons. The van der Waals surface area contributed by atoms with Crippen LogP contribution in [0.2, 0.25) is 5.15 Å². The van der Waals surface area contributed by atoms with Gasteiger partial charge in [-0.2, -0.15) is 0 Å². The maximum Gasteiger partial charge on any atom is 0.340 e. The Morgan fingerprint density at radius 3 is 2.86 bits per heavy atom. The average molecular weight is 212 g/mol. The highest BCUT2D eigenvalue weighted by molar-refractivity contribution is 6.29. The topological polar surface area (TPSA) is 39.2 Å². The summed E-state index contributed by atoms with van der Waals surface area (Å²) in [5.74, 6) is -0.212. The lowest BCUT2D eigenvalue weighted by molar-refractivity contribution is 0.0235. The van der Waals surface area contributed by atoms with Crippen LogP contribution in [0, 0.1) is 0 Å². The summed E-state index contributed by atoms with van der Waals surface area (Å²) >= 11 is 5.77. The van der Waals surface area contributed by atoms with Gasteiger partial charge in [-0.15, -0.1) is 0 Å². The Bertz CT molecular complexity index is 392. The molecule has 0 fully saturated rings. The van der Waals surface area contributed by atoms with Gasteiger partial charge in [-0.3, -0.25) is 0 Å². The Morgan fingerprint density at radius 2 is 2.14 bits per heavy atom. The number of hydrogen-bond acceptors (Lipinski definition) is 3. The zero-order valence-electron chi connectivity index (χ0n) is 7.95. The smallest absolute Gasteiger partial charge is 0.340 e. The lowest BCUT2D eigenvalue weighted by atomic mass is 9.94. The fourth-order valence-corrected chi connectivity index (χ4v) is 1.68. The molecule has 0 aromatic carbocycles. The van der Waals surface area contributed by atoms with Crippen LogP contribution in [0.25, 0.3) is 0 Å². The molecule has 0 bridgehead atoms. The molecule has 14 heavy (non-hydrogen) atoms. The van der Waals surface area contributed by atoms with Crippen molar-refractivity contribution in [3.05, 3.63) is 28.5 Å². The molecule has 1 aliphatic heterocycles. The number of aromatic nitrogens is 1. The first-order chi connectivity index (χ1) is 6.59. The number of fused-ring (bicyclic) bond motifs is 1. The highest BCUT2D eigenvalue weighted by atomic mass is 35.5. The molecule has 74 valence electrons. The van der Waals surface area contributed by atoms with Gasteiger partial charge >= 0.3 is 5.97 Å². The van der Waals surface area contributed by atoms with E-state index in [4.69, 9.17) is 16.3 Å². The molecule has 2 heterocycles.